The number of hydrogen-bond donors (Lipinski definition) is 4. The summed E-state index contributed by atoms with van der Waals surface area (Å²) in [4.78, 5) is -0.970. The van der Waals surface area contributed by atoms with Crippen molar-refractivity contribution in [1.29, 1.82) is 0 Å². The van der Waals surface area contributed by atoms with Gasteiger partial charge in [-0.3, -0.25) is 9.11 Å². The van der Waals surface area contributed by atoms with Crippen molar-refractivity contribution in [3.63, 3.8) is 0 Å². The summed E-state index contributed by atoms with van der Waals surface area (Å²) in [7, 11) is -12.8. The first-order chi connectivity index (χ1) is 18.1. The van der Waals surface area contributed by atoms with Gasteiger partial charge in [0, 0.05) is 16.5 Å². The van der Waals surface area contributed by atoms with E-state index in [1.54, 1.807) is 6.07 Å². The quantitative estimate of drug-likeness (QED) is 0.0949. The van der Waals surface area contributed by atoms with E-state index in [2.05, 4.69) is 26.3 Å². The van der Waals surface area contributed by atoms with Crippen molar-refractivity contribution in [3.8, 4) is 0 Å². The van der Waals surface area contributed by atoms with Gasteiger partial charge in [-0.2, -0.15) is 27.1 Å². The maximum absolute atomic E-state index is 12.2. The molecule has 1 atom stereocenters. The molecule has 13 nitrogen and oxygen atoms in total. The lowest BCUT2D eigenvalue weighted by molar-refractivity contribution is 0.481. The molecule has 4 aromatic rings. The van der Waals surface area contributed by atoms with Gasteiger partial charge in [0.25, 0.3) is 20.2 Å². The highest BCUT2D eigenvalue weighted by atomic mass is 32.2. The molecule has 0 saturated carbocycles. The molecule has 4 aromatic carbocycles. The Morgan fingerprint density at radius 2 is 1.23 bits per heavy atom. The highest BCUT2D eigenvalue weighted by molar-refractivity contribution is 7.95. The lowest BCUT2D eigenvalue weighted by Gasteiger charge is -2.11. The Bertz CT molecular complexity index is 1990. The molecular formula is C23H19N5O8S3. The molecule has 16 heteroatoms. The average molecular weight is 590 g/mol. The van der Waals surface area contributed by atoms with E-state index in [0.717, 1.165) is 18.2 Å². The normalized spacial score (nSPS) is 14.2. The topological polar surface area (TPSA) is 221 Å². The zero-order chi connectivity index (χ0) is 28.6. The van der Waals surface area contributed by atoms with Gasteiger partial charge < -0.3 is 10.3 Å². The summed E-state index contributed by atoms with van der Waals surface area (Å²) in [5.74, 6) is 3.28. The van der Waals surface area contributed by atoms with Crippen molar-refractivity contribution in [2.45, 2.75) is 14.7 Å². The molecule has 0 spiro atoms. The maximum Gasteiger partial charge on any atom is 0.296 e. The van der Waals surface area contributed by atoms with Crippen LogP contribution >= 0.6 is 0 Å². The number of anilines is 1. The fourth-order valence-corrected chi connectivity index (χ4v) is 5.46. The molecule has 0 heterocycles. The van der Waals surface area contributed by atoms with E-state index in [0.29, 0.717) is 5.39 Å². The van der Waals surface area contributed by atoms with E-state index >= 15 is 0 Å². The summed E-state index contributed by atoms with van der Waals surface area (Å²) in [6.45, 7) is 0. The number of hydrogen-bond acceptors (Lipinski definition) is 10. The van der Waals surface area contributed by atoms with E-state index in [1.807, 2.05) is 0 Å². The molecular weight excluding hydrogens is 570 g/mol. The third-order valence-corrected chi connectivity index (χ3v) is 8.04. The van der Waals surface area contributed by atoms with Crippen LogP contribution in [-0.4, -0.2) is 40.6 Å². The molecule has 4 rings (SSSR count). The van der Waals surface area contributed by atoms with Gasteiger partial charge in [0.2, 0.25) is 0 Å². The predicted octanol–water partition coefficient (Wildman–Crippen LogP) is 5.29. The second kappa shape index (κ2) is 10.3. The number of benzene rings is 4. The molecule has 39 heavy (non-hydrogen) atoms. The highest BCUT2D eigenvalue weighted by Gasteiger charge is 2.18. The molecule has 0 aliphatic heterocycles. The summed E-state index contributed by atoms with van der Waals surface area (Å²) >= 11 is 0. The maximum atomic E-state index is 12.2. The second-order valence-corrected chi connectivity index (χ2v) is 12.5. The molecule has 0 bridgehead atoms. The number of nitrogen functional groups attached to an aromatic ring is 1. The zero-order valence-electron chi connectivity index (χ0n) is 19.6. The van der Waals surface area contributed by atoms with Crippen molar-refractivity contribution in [1.82, 2.24) is 0 Å². The number of nitrogens with zero attached hydrogens (tertiary/aromatic N) is 4. The Labute approximate surface area is 223 Å². The third kappa shape index (κ3) is 6.33. The van der Waals surface area contributed by atoms with Crippen LogP contribution in [-0.2, 0) is 30.0 Å². The van der Waals surface area contributed by atoms with E-state index in [1.165, 1.54) is 48.5 Å². The molecule has 0 saturated heterocycles. The third-order valence-electron chi connectivity index (χ3n) is 5.26. The second-order valence-electron chi connectivity index (χ2n) is 7.99. The van der Waals surface area contributed by atoms with Crippen molar-refractivity contribution in [2.24, 2.45) is 20.5 Å². The SMILES string of the molecule is C=S(=O)(O)c1cccc2c(N=Nc3ccc(N=Nc4ccc(S(=O)(=O)O)cc4)cc3S(=O)(=O)O)ccc(N)c12. The first-order valence-corrected chi connectivity index (χ1v) is 15.1. The van der Waals surface area contributed by atoms with Crippen molar-refractivity contribution in [3.05, 3.63) is 72.8 Å². The Morgan fingerprint density at radius 3 is 1.85 bits per heavy atom. The van der Waals surface area contributed by atoms with Gasteiger partial charge in [0.15, 0.2) is 0 Å². The summed E-state index contributed by atoms with van der Waals surface area (Å²) in [6, 6.07) is 15.8. The number of azo groups is 2. The van der Waals surface area contributed by atoms with Gasteiger partial charge in [0.1, 0.15) is 20.4 Å². The number of rotatable bonds is 7. The number of nitrogens with two attached hydrogens (primary N) is 1. The van der Waals surface area contributed by atoms with Crippen LogP contribution in [0.1, 0.15) is 0 Å². The van der Waals surface area contributed by atoms with Gasteiger partial charge >= 0.3 is 0 Å². The highest BCUT2D eigenvalue weighted by Crippen LogP contribution is 2.37. The molecule has 202 valence electrons. The first kappa shape index (κ1) is 28.0. The van der Waals surface area contributed by atoms with Gasteiger partial charge in [-0.15, -0.1) is 10.2 Å². The van der Waals surface area contributed by atoms with Crippen LogP contribution in [0.2, 0.25) is 0 Å². The molecule has 5 N–H and O–H groups in total. The van der Waals surface area contributed by atoms with Crippen LogP contribution in [0.4, 0.5) is 28.4 Å². The fraction of sp³-hybridized carbons (Fsp3) is 0. The minimum absolute atomic E-state index is 0.00415. The Kier molecular flexibility index (Phi) is 7.35. The van der Waals surface area contributed by atoms with Crippen LogP contribution in [0.5, 0.6) is 0 Å². The van der Waals surface area contributed by atoms with Crippen molar-refractivity contribution >= 4 is 75.1 Å². The van der Waals surface area contributed by atoms with Crippen LogP contribution in [0.3, 0.4) is 0 Å². The van der Waals surface area contributed by atoms with E-state index in [-0.39, 0.29) is 43.6 Å². The minimum atomic E-state index is -4.79. The Hall–Kier alpha value is -4.06. The fourth-order valence-electron chi connectivity index (χ4n) is 3.50. The predicted molar refractivity (Wildman–Crippen MR) is 145 cm³/mol. The molecule has 1 unspecified atom stereocenters. The zero-order valence-corrected chi connectivity index (χ0v) is 22.1. The van der Waals surface area contributed by atoms with Crippen molar-refractivity contribution in [2.75, 3.05) is 5.73 Å². The lowest BCUT2D eigenvalue weighted by Crippen LogP contribution is -2.00. The Morgan fingerprint density at radius 1 is 0.641 bits per heavy atom. The average Bonchev–Trinajstić information content (AvgIpc) is 2.86. The molecule has 0 radical (unpaired) electrons. The van der Waals surface area contributed by atoms with Crippen LogP contribution < -0.4 is 5.73 Å². The summed E-state index contributed by atoms with van der Waals surface area (Å²) < 4.78 is 87.4. The largest absolute Gasteiger partial charge is 0.398 e. The molecule has 0 aliphatic rings. The molecule has 0 fully saturated rings. The summed E-state index contributed by atoms with van der Waals surface area (Å²) in [5, 5.41) is 16.4. The van der Waals surface area contributed by atoms with E-state index in [9.17, 15) is 30.1 Å². The van der Waals surface area contributed by atoms with Gasteiger partial charge in [-0.05, 0) is 66.5 Å². The van der Waals surface area contributed by atoms with Gasteiger partial charge in [-0.1, -0.05) is 12.1 Å². The molecule has 0 aromatic heterocycles. The standard InChI is InChI=1S/C23H19N5O8S3/c1-37(29,30)21-4-2-3-17-19(12-10-18(24)23(17)21)27-28-20-11-7-15(13-22(20)39(34,35)36)26-25-14-5-8-16(9-6-14)38(31,32)33/h2-13H,1,24H2,(H,29,30)(H,31,32,33)(H,34,35,36). The molecule has 0 amide bonds. The minimum Gasteiger partial charge on any atom is -0.398 e. The van der Waals surface area contributed by atoms with Crippen LogP contribution in [0.15, 0.2) is 108 Å². The lowest BCUT2D eigenvalue weighted by atomic mass is 10.1. The Balaban J connectivity index is 1.72. The first-order valence-electron chi connectivity index (χ1n) is 10.6. The smallest absolute Gasteiger partial charge is 0.296 e. The number of fused-ring (bicyclic) bond motifs is 1. The van der Waals surface area contributed by atoms with E-state index in [4.69, 9.17) is 10.3 Å². The van der Waals surface area contributed by atoms with Gasteiger partial charge in [-0.25, -0.2) is 4.21 Å². The van der Waals surface area contributed by atoms with Crippen LogP contribution in [0, 0.1) is 0 Å². The van der Waals surface area contributed by atoms with Crippen molar-refractivity contribution < 1.29 is 34.7 Å². The summed E-state index contributed by atoms with van der Waals surface area (Å²) in [6.07, 6.45) is 0. The summed E-state index contributed by atoms with van der Waals surface area (Å²) in [5.41, 5.74) is 6.39. The molecule has 0 aliphatic carbocycles. The van der Waals surface area contributed by atoms with Gasteiger partial charge in [0.05, 0.1) is 26.9 Å². The monoisotopic (exact) mass is 589 g/mol. The van der Waals surface area contributed by atoms with E-state index < -0.39 is 34.9 Å². The van der Waals surface area contributed by atoms with Crippen LogP contribution in [0.25, 0.3) is 10.8 Å².